The Labute approximate surface area is 160 Å². The number of hydrogen-bond donors (Lipinski definition) is 2. The molecule has 2 N–H and O–H groups in total. The summed E-state index contributed by atoms with van der Waals surface area (Å²) in [5.41, 5.74) is 2.23. The van der Waals surface area contributed by atoms with Gasteiger partial charge in [-0.2, -0.15) is 11.8 Å². The average molecular weight is 375 g/mol. The highest BCUT2D eigenvalue weighted by molar-refractivity contribution is 7.99. The summed E-state index contributed by atoms with van der Waals surface area (Å²) in [5, 5.41) is 7.48. The van der Waals surface area contributed by atoms with Gasteiger partial charge in [-0.1, -0.05) is 12.1 Å². The Hall–Kier alpha value is -1.04. The van der Waals surface area contributed by atoms with Crippen LogP contribution in [0.1, 0.15) is 50.5 Å². The predicted octanol–water partition coefficient (Wildman–Crippen LogP) is 3.96. The number of ether oxygens (including phenoxy) is 1. The van der Waals surface area contributed by atoms with Crippen LogP contribution in [0.5, 0.6) is 0 Å². The number of carbonyl (C=O) groups is 1. The topological polar surface area (TPSA) is 50.4 Å². The first-order valence-electron chi connectivity index (χ1n) is 10.1. The lowest BCUT2D eigenvalue weighted by molar-refractivity contribution is -0.117. The SMILES string of the molecule is O=C(CC1CC2CCC(C1)N2)Nc1cccc(CSC2CCOCC2)c1. The van der Waals surface area contributed by atoms with E-state index in [1.807, 2.05) is 17.8 Å². The molecule has 5 heteroatoms. The van der Waals surface area contributed by atoms with Crippen LogP contribution in [-0.2, 0) is 15.3 Å². The highest BCUT2D eigenvalue weighted by Crippen LogP contribution is 2.33. The lowest BCUT2D eigenvalue weighted by Crippen LogP contribution is -2.39. The van der Waals surface area contributed by atoms with E-state index >= 15 is 0 Å². The first-order chi connectivity index (χ1) is 12.7. The van der Waals surface area contributed by atoms with Crippen molar-refractivity contribution in [1.82, 2.24) is 5.32 Å². The Morgan fingerprint density at radius 1 is 1.15 bits per heavy atom. The molecule has 3 aliphatic rings. The molecule has 142 valence electrons. The van der Waals surface area contributed by atoms with Crippen molar-refractivity contribution in [1.29, 1.82) is 0 Å². The van der Waals surface area contributed by atoms with Crippen molar-refractivity contribution < 1.29 is 9.53 Å². The third-order valence-electron chi connectivity index (χ3n) is 5.91. The monoisotopic (exact) mass is 374 g/mol. The van der Waals surface area contributed by atoms with Crippen LogP contribution in [-0.4, -0.2) is 36.5 Å². The van der Waals surface area contributed by atoms with Gasteiger partial charge in [0, 0.05) is 48.4 Å². The van der Waals surface area contributed by atoms with Crippen molar-refractivity contribution in [2.75, 3.05) is 18.5 Å². The van der Waals surface area contributed by atoms with Gasteiger partial charge < -0.3 is 15.4 Å². The van der Waals surface area contributed by atoms with Gasteiger partial charge in [-0.15, -0.1) is 0 Å². The van der Waals surface area contributed by atoms with Gasteiger partial charge in [-0.3, -0.25) is 4.79 Å². The van der Waals surface area contributed by atoms with Crippen LogP contribution in [0.3, 0.4) is 0 Å². The lowest BCUT2D eigenvalue weighted by atomic mass is 9.89. The normalized spacial score (nSPS) is 28.8. The van der Waals surface area contributed by atoms with Crippen molar-refractivity contribution in [3.63, 3.8) is 0 Å². The maximum Gasteiger partial charge on any atom is 0.224 e. The van der Waals surface area contributed by atoms with E-state index in [0.717, 1.165) is 50.3 Å². The van der Waals surface area contributed by atoms with Gasteiger partial charge in [-0.05, 0) is 62.1 Å². The first-order valence-corrected chi connectivity index (χ1v) is 11.1. The Morgan fingerprint density at radius 3 is 2.69 bits per heavy atom. The summed E-state index contributed by atoms with van der Waals surface area (Å²) in [6.07, 6.45) is 7.86. The van der Waals surface area contributed by atoms with Gasteiger partial charge in [0.15, 0.2) is 0 Å². The number of carbonyl (C=O) groups excluding carboxylic acids is 1. The van der Waals surface area contributed by atoms with Crippen molar-refractivity contribution in [3.05, 3.63) is 29.8 Å². The third-order valence-corrected chi connectivity index (χ3v) is 7.35. The van der Waals surface area contributed by atoms with Gasteiger partial charge in [-0.25, -0.2) is 0 Å². The van der Waals surface area contributed by atoms with Crippen LogP contribution in [0, 0.1) is 5.92 Å². The number of piperidine rings is 1. The van der Waals surface area contributed by atoms with E-state index in [-0.39, 0.29) is 5.91 Å². The molecule has 2 unspecified atom stereocenters. The molecule has 1 aromatic carbocycles. The highest BCUT2D eigenvalue weighted by atomic mass is 32.2. The lowest BCUT2D eigenvalue weighted by Gasteiger charge is -2.28. The molecule has 1 aromatic rings. The molecule has 3 saturated heterocycles. The second kappa shape index (κ2) is 8.77. The third kappa shape index (κ3) is 5.02. The molecular formula is C21H30N2O2S. The van der Waals surface area contributed by atoms with Crippen LogP contribution in [0.4, 0.5) is 5.69 Å². The van der Waals surface area contributed by atoms with Crippen LogP contribution in [0.2, 0.25) is 0 Å². The number of benzene rings is 1. The number of anilines is 1. The second-order valence-electron chi connectivity index (χ2n) is 8.05. The second-order valence-corrected chi connectivity index (χ2v) is 9.34. The average Bonchev–Trinajstić information content (AvgIpc) is 2.99. The summed E-state index contributed by atoms with van der Waals surface area (Å²) in [5.74, 6) is 1.72. The summed E-state index contributed by atoms with van der Waals surface area (Å²) in [6, 6.07) is 9.66. The van der Waals surface area contributed by atoms with Crippen LogP contribution in [0.15, 0.2) is 24.3 Å². The quantitative estimate of drug-likeness (QED) is 0.791. The number of amides is 1. The van der Waals surface area contributed by atoms with Crippen molar-refractivity contribution in [2.24, 2.45) is 5.92 Å². The zero-order valence-corrected chi connectivity index (χ0v) is 16.2. The zero-order chi connectivity index (χ0) is 17.8. The van der Waals surface area contributed by atoms with E-state index in [9.17, 15) is 4.79 Å². The fourth-order valence-corrected chi connectivity index (χ4v) is 5.75. The van der Waals surface area contributed by atoms with Crippen molar-refractivity contribution >= 4 is 23.4 Å². The van der Waals surface area contributed by atoms with Gasteiger partial charge in [0.05, 0.1) is 0 Å². The fourth-order valence-electron chi connectivity index (χ4n) is 4.61. The van der Waals surface area contributed by atoms with Gasteiger partial charge in [0.1, 0.15) is 0 Å². The molecule has 0 aliphatic carbocycles. The molecule has 3 heterocycles. The number of nitrogens with one attached hydrogen (secondary N) is 2. The van der Waals surface area contributed by atoms with Crippen LogP contribution < -0.4 is 10.6 Å². The van der Waals surface area contributed by atoms with Crippen LogP contribution in [0.25, 0.3) is 0 Å². The van der Waals surface area contributed by atoms with E-state index < -0.39 is 0 Å². The predicted molar refractivity (Wildman–Crippen MR) is 107 cm³/mol. The molecule has 26 heavy (non-hydrogen) atoms. The number of fused-ring (bicyclic) bond motifs is 2. The maximum absolute atomic E-state index is 12.5. The standard InChI is InChI=1S/C21H30N2O2S/c24-21(13-16-11-18-4-5-19(12-16)22-18)23-17-3-1-2-15(10-17)14-26-20-6-8-25-9-7-20/h1-3,10,16,18-20,22H,4-9,11-14H2,(H,23,24). The van der Waals surface area contributed by atoms with Crippen molar-refractivity contribution in [2.45, 2.75) is 68.0 Å². The van der Waals surface area contributed by atoms with Gasteiger partial charge >= 0.3 is 0 Å². The summed E-state index contributed by atoms with van der Waals surface area (Å²) >= 11 is 2.01. The number of rotatable bonds is 6. The fraction of sp³-hybridized carbons (Fsp3) is 0.667. The minimum Gasteiger partial charge on any atom is -0.381 e. The summed E-state index contributed by atoms with van der Waals surface area (Å²) in [4.78, 5) is 12.5. The zero-order valence-electron chi connectivity index (χ0n) is 15.4. The van der Waals surface area contributed by atoms with E-state index in [1.165, 1.54) is 18.4 Å². The molecular weight excluding hydrogens is 344 g/mol. The molecule has 0 spiro atoms. The highest BCUT2D eigenvalue weighted by Gasteiger charge is 2.34. The van der Waals surface area contributed by atoms with E-state index in [1.54, 1.807) is 0 Å². The molecule has 2 bridgehead atoms. The first kappa shape index (κ1) is 18.3. The molecule has 4 rings (SSSR count). The van der Waals surface area contributed by atoms with Gasteiger partial charge in [0.25, 0.3) is 0 Å². The Bertz CT molecular complexity index is 606. The van der Waals surface area contributed by atoms with E-state index in [0.29, 0.717) is 29.7 Å². The summed E-state index contributed by atoms with van der Waals surface area (Å²) < 4.78 is 5.43. The smallest absolute Gasteiger partial charge is 0.224 e. The number of thioether (sulfide) groups is 1. The van der Waals surface area contributed by atoms with Crippen molar-refractivity contribution in [3.8, 4) is 0 Å². The Kier molecular flexibility index (Phi) is 6.18. The maximum atomic E-state index is 12.5. The molecule has 0 radical (unpaired) electrons. The van der Waals surface area contributed by atoms with Crippen LogP contribution >= 0.6 is 11.8 Å². The Balaban J connectivity index is 1.25. The molecule has 2 atom stereocenters. The van der Waals surface area contributed by atoms with E-state index in [4.69, 9.17) is 4.74 Å². The molecule has 0 aromatic heterocycles. The number of hydrogen-bond acceptors (Lipinski definition) is 4. The van der Waals surface area contributed by atoms with Gasteiger partial charge in [0.2, 0.25) is 5.91 Å². The Morgan fingerprint density at radius 2 is 1.92 bits per heavy atom. The molecule has 4 nitrogen and oxygen atoms in total. The largest absolute Gasteiger partial charge is 0.381 e. The molecule has 0 saturated carbocycles. The molecule has 3 aliphatic heterocycles. The summed E-state index contributed by atoms with van der Waals surface area (Å²) in [6.45, 7) is 1.79. The minimum atomic E-state index is 0.172. The van der Waals surface area contributed by atoms with E-state index in [2.05, 4.69) is 28.8 Å². The molecule has 1 amide bonds. The minimum absolute atomic E-state index is 0.172. The molecule has 3 fully saturated rings. The summed E-state index contributed by atoms with van der Waals surface area (Å²) in [7, 11) is 0.